The van der Waals surface area contributed by atoms with Gasteiger partial charge in [-0.1, -0.05) is 12.8 Å². The van der Waals surface area contributed by atoms with Crippen LogP contribution < -0.4 is 5.32 Å². The van der Waals surface area contributed by atoms with Gasteiger partial charge >= 0.3 is 5.97 Å². The summed E-state index contributed by atoms with van der Waals surface area (Å²) in [6, 6.07) is 0. The Morgan fingerprint density at radius 3 is 2.37 bits per heavy atom. The Bertz CT molecular complexity index is 332. The number of methoxy groups -OCH3 is 1. The van der Waals surface area contributed by atoms with E-state index in [0.29, 0.717) is 12.8 Å². The predicted molar refractivity (Wildman–Crippen MR) is 71.6 cm³/mol. The summed E-state index contributed by atoms with van der Waals surface area (Å²) in [6.45, 7) is 3.31. The number of rotatable bonds is 4. The molecule has 0 unspecified atom stereocenters. The molecule has 108 valence electrons. The number of hydrogen-bond donors (Lipinski definition) is 1. The first kappa shape index (κ1) is 14.3. The molecule has 5 heteroatoms. The predicted octanol–water partition coefficient (Wildman–Crippen LogP) is 0.932. The van der Waals surface area contributed by atoms with E-state index in [2.05, 4.69) is 5.32 Å². The van der Waals surface area contributed by atoms with Gasteiger partial charge in [0, 0.05) is 32.6 Å². The van der Waals surface area contributed by atoms with Crippen molar-refractivity contribution in [3.05, 3.63) is 0 Å². The number of ether oxygens (including phenoxy) is 1. The zero-order chi connectivity index (χ0) is 13.7. The molecule has 1 aliphatic carbocycles. The quantitative estimate of drug-likeness (QED) is 0.771. The molecule has 0 atom stereocenters. The number of amides is 1. The molecule has 2 rings (SSSR count). The van der Waals surface area contributed by atoms with Gasteiger partial charge in [-0.3, -0.25) is 9.59 Å². The van der Waals surface area contributed by atoms with Crippen LogP contribution in [0.5, 0.6) is 0 Å². The molecule has 0 bridgehead atoms. The molecule has 2 fully saturated rings. The summed E-state index contributed by atoms with van der Waals surface area (Å²) in [5, 5.41) is 3.25. The van der Waals surface area contributed by atoms with Crippen LogP contribution in [0, 0.1) is 5.41 Å². The second kappa shape index (κ2) is 6.37. The van der Waals surface area contributed by atoms with Crippen molar-refractivity contribution in [2.45, 2.75) is 38.5 Å². The summed E-state index contributed by atoms with van der Waals surface area (Å²) in [5.41, 5.74) is -0.144. The Labute approximate surface area is 114 Å². The lowest BCUT2D eigenvalue weighted by Crippen LogP contribution is -2.47. The maximum absolute atomic E-state index is 12.4. The lowest BCUT2D eigenvalue weighted by Gasteiger charge is -2.33. The number of carbonyl (C=O) groups excluding carboxylic acids is 2. The highest BCUT2D eigenvalue weighted by Crippen LogP contribution is 2.44. The van der Waals surface area contributed by atoms with E-state index in [1.807, 2.05) is 4.90 Å². The zero-order valence-corrected chi connectivity index (χ0v) is 11.7. The molecular weight excluding hydrogens is 244 g/mol. The van der Waals surface area contributed by atoms with Gasteiger partial charge in [-0.25, -0.2) is 0 Å². The highest BCUT2D eigenvalue weighted by Gasteiger charge is 2.39. The zero-order valence-electron chi connectivity index (χ0n) is 11.7. The van der Waals surface area contributed by atoms with Crippen LogP contribution in [-0.2, 0) is 14.3 Å². The Hall–Kier alpha value is -1.10. The van der Waals surface area contributed by atoms with Gasteiger partial charge in [-0.15, -0.1) is 0 Å². The van der Waals surface area contributed by atoms with Crippen LogP contribution in [0.2, 0.25) is 0 Å². The first-order chi connectivity index (χ1) is 9.15. The van der Waals surface area contributed by atoms with E-state index in [-0.39, 0.29) is 17.3 Å². The van der Waals surface area contributed by atoms with Crippen molar-refractivity contribution in [1.82, 2.24) is 10.2 Å². The SMILES string of the molecule is COC(=O)CC1(CC(=O)N2CCNCC2)CCCC1. The molecule has 19 heavy (non-hydrogen) atoms. The number of esters is 1. The third-order valence-corrected chi connectivity index (χ3v) is 4.41. The van der Waals surface area contributed by atoms with Crippen LogP contribution in [-0.4, -0.2) is 50.1 Å². The normalized spacial score (nSPS) is 22.3. The topological polar surface area (TPSA) is 58.6 Å². The van der Waals surface area contributed by atoms with Crippen LogP contribution in [0.25, 0.3) is 0 Å². The van der Waals surface area contributed by atoms with Crippen molar-refractivity contribution in [2.75, 3.05) is 33.3 Å². The number of nitrogens with zero attached hydrogens (tertiary/aromatic N) is 1. The number of nitrogens with one attached hydrogen (secondary N) is 1. The van der Waals surface area contributed by atoms with Crippen LogP contribution in [0.4, 0.5) is 0 Å². The van der Waals surface area contributed by atoms with Gasteiger partial charge < -0.3 is 15.0 Å². The van der Waals surface area contributed by atoms with Crippen LogP contribution in [0.3, 0.4) is 0 Å². The fourth-order valence-corrected chi connectivity index (χ4v) is 3.27. The molecule has 0 spiro atoms. The molecule has 1 saturated heterocycles. The average molecular weight is 268 g/mol. The fourth-order valence-electron chi connectivity index (χ4n) is 3.27. The summed E-state index contributed by atoms with van der Waals surface area (Å²) < 4.78 is 4.79. The molecule has 0 aromatic heterocycles. The van der Waals surface area contributed by atoms with Crippen LogP contribution in [0.1, 0.15) is 38.5 Å². The van der Waals surface area contributed by atoms with E-state index in [9.17, 15) is 9.59 Å². The third-order valence-electron chi connectivity index (χ3n) is 4.41. The van der Waals surface area contributed by atoms with E-state index < -0.39 is 0 Å². The number of carbonyl (C=O) groups is 2. The summed E-state index contributed by atoms with van der Waals surface area (Å²) in [4.78, 5) is 25.9. The fraction of sp³-hybridized carbons (Fsp3) is 0.857. The van der Waals surface area contributed by atoms with Crippen LogP contribution >= 0.6 is 0 Å². The Kier molecular flexibility index (Phi) is 4.80. The van der Waals surface area contributed by atoms with Crippen molar-refractivity contribution in [3.63, 3.8) is 0 Å². The maximum atomic E-state index is 12.4. The van der Waals surface area contributed by atoms with Gasteiger partial charge in [0.25, 0.3) is 0 Å². The largest absolute Gasteiger partial charge is 0.469 e. The van der Waals surface area contributed by atoms with Gasteiger partial charge in [-0.05, 0) is 18.3 Å². The Morgan fingerprint density at radius 1 is 1.16 bits per heavy atom. The monoisotopic (exact) mass is 268 g/mol. The average Bonchev–Trinajstić information content (AvgIpc) is 2.87. The van der Waals surface area contributed by atoms with E-state index in [1.54, 1.807) is 0 Å². The third kappa shape index (κ3) is 3.69. The van der Waals surface area contributed by atoms with Crippen molar-refractivity contribution >= 4 is 11.9 Å². The maximum Gasteiger partial charge on any atom is 0.306 e. The molecule has 0 aromatic rings. The van der Waals surface area contributed by atoms with Crippen molar-refractivity contribution in [3.8, 4) is 0 Å². The van der Waals surface area contributed by atoms with Crippen LogP contribution in [0.15, 0.2) is 0 Å². The van der Waals surface area contributed by atoms with Gasteiger partial charge in [0.2, 0.25) is 5.91 Å². The minimum absolute atomic E-state index is 0.144. The highest BCUT2D eigenvalue weighted by atomic mass is 16.5. The van der Waals surface area contributed by atoms with Crippen molar-refractivity contribution in [1.29, 1.82) is 0 Å². The highest BCUT2D eigenvalue weighted by molar-refractivity contribution is 5.78. The second-order valence-electron chi connectivity index (χ2n) is 5.77. The van der Waals surface area contributed by atoms with E-state index in [1.165, 1.54) is 7.11 Å². The molecule has 0 radical (unpaired) electrons. The molecular formula is C14H24N2O3. The number of hydrogen-bond acceptors (Lipinski definition) is 4. The van der Waals surface area contributed by atoms with Gasteiger partial charge in [0.1, 0.15) is 0 Å². The Morgan fingerprint density at radius 2 is 1.79 bits per heavy atom. The molecule has 5 nitrogen and oxygen atoms in total. The lowest BCUT2D eigenvalue weighted by atomic mass is 9.79. The van der Waals surface area contributed by atoms with Crippen molar-refractivity contribution in [2.24, 2.45) is 5.41 Å². The molecule has 1 saturated carbocycles. The minimum Gasteiger partial charge on any atom is -0.469 e. The molecule has 2 aliphatic rings. The van der Waals surface area contributed by atoms with E-state index >= 15 is 0 Å². The smallest absolute Gasteiger partial charge is 0.306 e. The molecule has 1 heterocycles. The van der Waals surface area contributed by atoms with Gasteiger partial charge in [0.05, 0.1) is 13.5 Å². The molecule has 1 amide bonds. The van der Waals surface area contributed by atoms with E-state index in [4.69, 9.17) is 4.74 Å². The number of piperazine rings is 1. The van der Waals surface area contributed by atoms with Gasteiger partial charge in [-0.2, -0.15) is 0 Å². The summed E-state index contributed by atoms with van der Waals surface area (Å²) in [6.07, 6.45) is 5.07. The minimum atomic E-state index is -0.185. The first-order valence-electron chi connectivity index (χ1n) is 7.21. The standard InChI is InChI=1S/C14H24N2O3/c1-19-13(18)11-14(4-2-3-5-14)10-12(17)16-8-6-15-7-9-16/h15H,2-11H2,1H3. The van der Waals surface area contributed by atoms with E-state index in [0.717, 1.165) is 51.9 Å². The van der Waals surface area contributed by atoms with Gasteiger partial charge in [0.15, 0.2) is 0 Å². The molecule has 1 N–H and O–H groups in total. The summed E-state index contributed by atoms with van der Waals surface area (Å²) in [5.74, 6) is 0.0160. The second-order valence-corrected chi connectivity index (χ2v) is 5.77. The lowest BCUT2D eigenvalue weighted by molar-refractivity contribution is -0.144. The summed E-state index contributed by atoms with van der Waals surface area (Å²) >= 11 is 0. The van der Waals surface area contributed by atoms with Crippen molar-refractivity contribution < 1.29 is 14.3 Å². The molecule has 1 aliphatic heterocycles. The molecule has 0 aromatic carbocycles. The summed E-state index contributed by atoms with van der Waals surface area (Å²) in [7, 11) is 1.42. The Balaban J connectivity index is 1.95. The first-order valence-corrected chi connectivity index (χ1v) is 7.21.